The third-order valence-electron chi connectivity index (χ3n) is 2.33. The number of esters is 1. The molecule has 0 bridgehead atoms. The molecule has 2 aromatic rings. The molecule has 0 aliphatic heterocycles. The molecule has 2 rings (SSSR count). The molecule has 0 spiro atoms. The number of rotatable bonds is 3. The standard InChI is InChI=1S/C14H13NO3S/c1-9-3-8-13(19-9)14(17)18-12-6-4-11(5-7-12)15-10(2)16/h3-8H,1-2H3,(H,15,16). The molecule has 98 valence electrons. The van der Waals surface area contributed by atoms with Crippen molar-refractivity contribution in [2.24, 2.45) is 0 Å². The fourth-order valence-electron chi connectivity index (χ4n) is 1.51. The summed E-state index contributed by atoms with van der Waals surface area (Å²) in [6.07, 6.45) is 0. The second-order valence-electron chi connectivity index (χ2n) is 4.01. The summed E-state index contributed by atoms with van der Waals surface area (Å²) < 4.78 is 5.23. The smallest absolute Gasteiger partial charge is 0.353 e. The van der Waals surface area contributed by atoms with Crippen molar-refractivity contribution in [3.8, 4) is 5.75 Å². The van der Waals surface area contributed by atoms with E-state index in [0.717, 1.165) is 4.88 Å². The van der Waals surface area contributed by atoms with Gasteiger partial charge in [0.15, 0.2) is 0 Å². The fraction of sp³-hybridized carbons (Fsp3) is 0.143. The molecule has 4 nitrogen and oxygen atoms in total. The van der Waals surface area contributed by atoms with Gasteiger partial charge in [0.2, 0.25) is 5.91 Å². The number of thiophene rings is 1. The van der Waals surface area contributed by atoms with Crippen LogP contribution in [-0.2, 0) is 4.79 Å². The van der Waals surface area contributed by atoms with Gasteiger partial charge in [0, 0.05) is 17.5 Å². The summed E-state index contributed by atoms with van der Waals surface area (Å²) in [7, 11) is 0. The topological polar surface area (TPSA) is 55.4 Å². The quantitative estimate of drug-likeness (QED) is 0.691. The normalized spacial score (nSPS) is 10.0. The van der Waals surface area contributed by atoms with Crippen molar-refractivity contribution in [3.05, 3.63) is 46.2 Å². The third-order valence-corrected chi connectivity index (χ3v) is 3.31. The first-order valence-electron chi connectivity index (χ1n) is 5.71. The number of hydrogen-bond donors (Lipinski definition) is 1. The average molecular weight is 275 g/mol. The highest BCUT2D eigenvalue weighted by Crippen LogP contribution is 2.20. The molecule has 0 saturated heterocycles. The van der Waals surface area contributed by atoms with E-state index in [0.29, 0.717) is 16.3 Å². The van der Waals surface area contributed by atoms with Gasteiger partial charge in [0.25, 0.3) is 0 Å². The Morgan fingerprint density at radius 1 is 1.11 bits per heavy atom. The van der Waals surface area contributed by atoms with Gasteiger partial charge in [-0.2, -0.15) is 0 Å². The first-order chi connectivity index (χ1) is 9.04. The number of anilines is 1. The van der Waals surface area contributed by atoms with Gasteiger partial charge in [0.05, 0.1) is 0 Å². The van der Waals surface area contributed by atoms with Crippen molar-refractivity contribution >= 4 is 28.9 Å². The maximum absolute atomic E-state index is 11.8. The minimum absolute atomic E-state index is 0.140. The van der Waals surface area contributed by atoms with Gasteiger partial charge in [-0.3, -0.25) is 4.79 Å². The van der Waals surface area contributed by atoms with Crippen molar-refractivity contribution in [3.63, 3.8) is 0 Å². The highest BCUT2D eigenvalue weighted by molar-refractivity contribution is 7.13. The molecule has 0 aliphatic carbocycles. The fourth-order valence-corrected chi connectivity index (χ4v) is 2.26. The molecule has 5 heteroatoms. The number of hydrogen-bond acceptors (Lipinski definition) is 4. The maximum atomic E-state index is 11.8. The molecule has 0 unspecified atom stereocenters. The lowest BCUT2D eigenvalue weighted by Crippen LogP contribution is -2.07. The van der Waals surface area contributed by atoms with E-state index < -0.39 is 0 Å². The minimum atomic E-state index is -0.370. The molecule has 1 heterocycles. The van der Waals surface area contributed by atoms with Gasteiger partial charge < -0.3 is 10.1 Å². The Hall–Kier alpha value is -2.14. The molecular weight excluding hydrogens is 262 g/mol. The van der Waals surface area contributed by atoms with Crippen LogP contribution >= 0.6 is 11.3 Å². The van der Waals surface area contributed by atoms with Crippen molar-refractivity contribution in [1.82, 2.24) is 0 Å². The van der Waals surface area contributed by atoms with Crippen molar-refractivity contribution in [1.29, 1.82) is 0 Å². The van der Waals surface area contributed by atoms with E-state index in [1.54, 1.807) is 30.3 Å². The molecule has 1 aromatic carbocycles. The van der Waals surface area contributed by atoms with Crippen LogP contribution in [0.4, 0.5) is 5.69 Å². The molecule has 1 aromatic heterocycles. The molecule has 0 fully saturated rings. The van der Waals surface area contributed by atoms with Crippen LogP contribution in [0.25, 0.3) is 0 Å². The van der Waals surface area contributed by atoms with Crippen molar-refractivity contribution < 1.29 is 14.3 Å². The van der Waals surface area contributed by atoms with Gasteiger partial charge >= 0.3 is 5.97 Å². The molecular formula is C14H13NO3S. The van der Waals surface area contributed by atoms with E-state index in [4.69, 9.17) is 4.74 Å². The summed E-state index contributed by atoms with van der Waals surface area (Å²) in [5.74, 6) is -0.0608. The van der Waals surface area contributed by atoms with Crippen LogP contribution in [0.5, 0.6) is 5.75 Å². The largest absolute Gasteiger partial charge is 0.422 e. The molecule has 0 aliphatic rings. The van der Waals surface area contributed by atoms with Crippen LogP contribution in [0, 0.1) is 6.92 Å². The molecule has 1 N–H and O–H groups in total. The van der Waals surface area contributed by atoms with Gasteiger partial charge in [-0.25, -0.2) is 4.79 Å². The predicted octanol–water partition coefficient (Wildman–Crippen LogP) is 3.23. The van der Waals surface area contributed by atoms with Gasteiger partial charge in [-0.1, -0.05) is 0 Å². The summed E-state index contributed by atoms with van der Waals surface area (Å²) >= 11 is 1.40. The molecule has 1 amide bonds. The third kappa shape index (κ3) is 3.66. The summed E-state index contributed by atoms with van der Waals surface area (Å²) in [5, 5.41) is 2.64. The number of aryl methyl sites for hydroxylation is 1. The monoisotopic (exact) mass is 275 g/mol. The van der Waals surface area contributed by atoms with Gasteiger partial charge in [0.1, 0.15) is 10.6 Å². The number of ether oxygens (including phenoxy) is 1. The summed E-state index contributed by atoms with van der Waals surface area (Å²) in [6, 6.07) is 10.3. The SMILES string of the molecule is CC(=O)Nc1ccc(OC(=O)c2ccc(C)s2)cc1. The second kappa shape index (κ2) is 5.67. The Kier molecular flexibility index (Phi) is 3.97. The Morgan fingerprint density at radius 2 is 1.79 bits per heavy atom. The van der Waals surface area contributed by atoms with E-state index in [-0.39, 0.29) is 11.9 Å². The van der Waals surface area contributed by atoms with Crippen LogP contribution < -0.4 is 10.1 Å². The molecule has 0 saturated carbocycles. The van der Waals surface area contributed by atoms with Crippen LogP contribution in [-0.4, -0.2) is 11.9 Å². The first-order valence-corrected chi connectivity index (χ1v) is 6.52. The van der Waals surface area contributed by atoms with E-state index in [1.165, 1.54) is 18.3 Å². The Bertz CT molecular complexity index is 601. The van der Waals surface area contributed by atoms with E-state index in [9.17, 15) is 9.59 Å². The number of amides is 1. The zero-order valence-corrected chi connectivity index (χ0v) is 11.4. The summed E-state index contributed by atoms with van der Waals surface area (Å²) in [4.78, 5) is 24.3. The van der Waals surface area contributed by atoms with Crippen LogP contribution in [0.1, 0.15) is 21.5 Å². The summed E-state index contributed by atoms with van der Waals surface area (Å²) in [5.41, 5.74) is 0.666. The number of benzene rings is 1. The number of carbonyl (C=O) groups excluding carboxylic acids is 2. The predicted molar refractivity (Wildman–Crippen MR) is 74.8 cm³/mol. The van der Waals surface area contributed by atoms with E-state index in [1.807, 2.05) is 13.0 Å². The Morgan fingerprint density at radius 3 is 2.32 bits per heavy atom. The highest BCUT2D eigenvalue weighted by Gasteiger charge is 2.10. The summed E-state index contributed by atoms with van der Waals surface area (Å²) in [6.45, 7) is 3.37. The minimum Gasteiger partial charge on any atom is -0.422 e. The zero-order valence-electron chi connectivity index (χ0n) is 10.6. The Balaban J connectivity index is 2.03. The Labute approximate surface area is 115 Å². The lowest BCUT2D eigenvalue weighted by Gasteiger charge is -2.05. The van der Waals surface area contributed by atoms with Crippen molar-refractivity contribution in [2.75, 3.05) is 5.32 Å². The average Bonchev–Trinajstić information content (AvgIpc) is 2.78. The lowest BCUT2D eigenvalue weighted by molar-refractivity contribution is -0.114. The number of nitrogens with one attached hydrogen (secondary N) is 1. The van der Waals surface area contributed by atoms with Crippen LogP contribution in [0.15, 0.2) is 36.4 Å². The lowest BCUT2D eigenvalue weighted by atomic mass is 10.3. The van der Waals surface area contributed by atoms with Crippen LogP contribution in [0.2, 0.25) is 0 Å². The van der Waals surface area contributed by atoms with E-state index >= 15 is 0 Å². The molecule has 19 heavy (non-hydrogen) atoms. The zero-order chi connectivity index (χ0) is 13.8. The van der Waals surface area contributed by atoms with Crippen LogP contribution in [0.3, 0.4) is 0 Å². The van der Waals surface area contributed by atoms with Gasteiger partial charge in [-0.15, -0.1) is 11.3 Å². The number of carbonyl (C=O) groups is 2. The van der Waals surface area contributed by atoms with E-state index in [2.05, 4.69) is 5.32 Å². The maximum Gasteiger partial charge on any atom is 0.353 e. The molecule has 0 atom stereocenters. The first kappa shape index (κ1) is 13.3. The highest BCUT2D eigenvalue weighted by atomic mass is 32.1. The van der Waals surface area contributed by atoms with Crippen molar-refractivity contribution in [2.45, 2.75) is 13.8 Å². The molecule has 0 radical (unpaired) electrons. The van der Waals surface area contributed by atoms with Gasteiger partial charge in [-0.05, 0) is 43.3 Å². The second-order valence-corrected chi connectivity index (χ2v) is 5.29.